The summed E-state index contributed by atoms with van der Waals surface area (Å²) >= 11 is 0. The highest BCUT2D eigenvalue weighted by Crippen LogP contribution is 2.45. The predicted molar refractivity (Wildman–Crippen MR) is 90.2 cm³/mol. The highest BCUT2D eigenvalue weighted by atomic mass is 15.3. The molecule has 1 saturated carbocycles. The fourth-order valence-electron chi connectivity index (χ4n) is 4.29. The number of hydrogen-bond donors (Lipinski definition) is 2. The maximum absolute atomic E-state index is 5.69. The van der Waals surface area contributed by atoms with Crippen LogP contribution in [0.25, 0.3) is 16.8 Å². The molecular formula is C17H24N6. The summed E-state index contributed by atoms with van der Waals surface area (Å²) in [6, 6.07) is 2.06. The van der Waals surface area contributed by atoms with Crippen molar-refractivity contribution in [2.24, 2.45) is 17.6 Å². The van der Waals surface area contributed by atoms with Gasteiger partial charge in [-0.3, -0.25) is 4.40 Å². The van der Waals surface area contributed by atoms with Crippen molar-refractivity contribution in [2.75, 3.05) is 6.54 Å². The smallest absolute Gasteiger partial charge is 0.179 e. The van der Waals surface area contributed by atoms with Crippen molar-refractivity contribution in [2.45, 2.75) is 44.9 Å². The number of nitrogens with zero attached hydrogens (tertiary/aromatic N) is 4. The van der Waals surface area contributed by atoms with Crippen molar-refractivity contribution in [1.29, 1.82) is 0 Å². The molecule has 1 aliphatic carbocycles. The zero-order valence-electron chi connectivity index (χ0n) is 13.6. The SMILES string of the molecule is CC[C@@H]1C[C@H](CCCN)C[C@@H]1c1nnc2cnc3[nH]ccc3n12. The van der Waals surface area contributed by atoms with Crippen LogP contribution in [-0.2, 0) is 0 Å². The summed E-state index contributed by atoms with van der Waals surface area (Å²) in [5.41, 5.74) is 8.50. The lowest BCUT2D eigenvalue weighted by Gasteiger charge is -2.16. The van der Waals surface area contributed by atoms with Crippen LogP contribution in [0.5, 0.6) is 0 Å². The van der Waals surface area contributed by atoms with E-state index in [9.17, 15) is 0 Å². The van der Waals surface area contributed by atoms with E-state index in [1.54, 1.807) is 6.20 Å². The van der Waals surface area contributed by atoms with Crippen LogP contribution in [0.2, 0.25) is 0 Å². The van der Waals surface area contributed by atoms with E-state index in [0.29, 0.717) is 11.8 Å². The predicted octanol–water partition coefficient (Wildman–Crippen LogP) is 2.86. The molecule has 4 rings (SSSR count). The van der Waals surface area contributed by atoms with E-state index in [1.165, 1.54) is 25.7 Å². The molecule has 0 unspecified atom stereocenters. The van der Waals surface area contributed by atoms with Crippen molar-refractivity contribution in [3.05, 3.63) is 24.3 Å². The molecule has 0 aliphatic heterocycles. The van der Waals surface area contributed by atoms with Gasteiger partial charge in [0.2, 0.25) is 0 Å². The molecule has 3 N–H and O–H groups in total. The maximum atomic E-state index is 5.69. The van der Waals surface area contributed by atoms with Crippen LogP contribution in [0, 0.1) is 11.8 Å². The fraction of sp³-hybridized carbons (Fsp3) is 0.588. The summed E-state index contributed by atoms with van der Waals surface area (Å²) in [6.45, 7) is 3.08. The topological polar surface area (TPSA) is 84.9 Å². The molecule has 3 aromatic rings. The van der Waals surface area contributed by atoms with E-state index in [0.717, 1.165) is 41.5 Å². The Balaban J connectivity index is 1.74. The molecule has 1 aliphatic rings. The van der Waals surface area contributed by atoms with Gasteiger partial charge in [0.05, 0.1) is 11.7 Å². The number of aromatic amines is 1. The third-order valence-electron chi connectivity index (χ3n) is 5.43. The Morgan fingerprint density at radius 2 is 2.26 bits per heavy atom. The molecule has 3 aromatic heterocycles. The first-order valence-electron chi connectivity index (χ1n) is 8.69. The van der Waals surface area contributed by atoms with Gasteiger partial charge in [-0.15, -0.1) is 10.2 Å². The summed E-state index contributed by atoms with van der Waals surface area (Å²) < 4.78 is 2.19. The minimum Gasteiger partial charge on any atom is -0.345 e. The average molecular weight is 312 g/mol. The molecule has 0 radical (unpaired) electrons. The van der Waals surface area contributed by atoms with Crippen LogP contribution in [0.15, 0.2) is 18.5 Å². The van der Waals surface area contributed by atoms with Gasteiger partial charge in [-0.25, -0.2) is 4.98 Å². The van der Waals surface area contributed by atoms with E-state index >= 15 is 0 Å². The maximum Gasteiger partial charge on any atom is 0.179 e. The van der Waals surface area contributed by atoms with Crippen molar-refractivity contribution in [3.63, 3.8) is 0 Å². The minimum absolute atomic E-state index is 0.485. The second kappa shape index (κ2) is 5.92. The Hall–Kier alpha value is -1.95. The molecule has 3 atom stereocenters. The van der Waals surface area contributed by atoms with Gasteiger partial charge in [-0.2, -0.15) is 0 Å². The molecule has 0 saturated heterocycles. The van der Waals surface area contributed by atoms with E-state index in [1.807, 2.05) is 6.20 Å². The molecule has 122 valence electrons. The van der Waals surface area contributed by atoms with Crippen LogP contribution in [0.1, 0.15) is 50.8 Å². The van der Waals surface area contributed by atoms with Crippen LogP contribution >= 0.6 is 0 Å². The van der Waals surface area contributed by atoms with Gasteiger partial charge in [0.15, 0.2) is 11.3 Å². The molecule has 0 aromatic carbocycles. The summed E-state index contributed by atoms with van der Waals surface area (Å²) in [5, 5.41) is 8.92. The average Bonchev–Trinajstić information content (AvgIpc) is 3.28. The molecule has 6 heteroatoms. The summed E-state index contributed by atoms with van der Waals surface area (Å²) in [4.78, 5) is 7.59. The number of hydrogen-bond acceptors (Lipinski definition) is 4. The number of aromatic nitrogens is 5. The van der Waals surface area contributed by atoms with Gasteiger partial charge in [0.25, 0.3) is 0 Å². The number of fused-ring (bicyclic) bond motifs is 3. The van der Waals surface area contributed by atoms with Gasteiger partial charge in [0.1, 0.15) is 5.82 Å². The Kier molecular flexibility index (Phi) is 3.77. The molecule has 0 amide bonds. The van der Waals surface area contributed by atoms with Crippen LogP contribution in [0.3, 0.4) is 0 Å². The zero-order valence-corrected chi connectivity index (χ0v) is 13.6. The van der Waals surface area contributed by atoms with Crippen molar-refractivity contribution in [3.8, 4) is 0 Å². The lowest BCUT2D eigenvalue weighted by atomic mass is 9.93. The Labute approximate surface area is 135 Å². The summed E-state index contributed by atoms with van der Waals surface area (Å²) in [6.07, 6.45) is 9.78. The fourth-order valence-corrected chi connectivity index (χ4v) is 4.29. The first-order chi connectivity index (χ1) is 11.3. The van der Waals surface area contributed by atoms with Crippen LogP contribution in [0.4, 0.5) is 0 Å². The van der Waals surface area contributed by atoms with E-state index in [4.69, 9.17) is 5.73 Å². The summed E-state index contributed by atoms with van der Waals surface area (Å²) in [5.74, 6) is 3.05. The van der Waals surface area contributed by atoms with Gasteiger partial charge in [-0.1, -0.05) is 13.3 Å². The quantitative estimate of drug-likeness (QED) is 0.758. The van der Waals surface area contributed by atoms with Crippen molar-refractivity contribution >= 4 is 16.8 Å². The number of nitrogens with two attached hydrogens (primary N) is 1. The molecule has 1 fully saturated rings. The number of rotatable bonds is 5. The largest absolute Gasteiger partial charge is 0.345 e. The molecular weight excluding hydrogens is 288 g/mol. The minimum atomic E-state index is 0.485. The lowest BCUT2D eigenvalue weighted by molar-refractivity contribution is 0.435. The Bertz CT molecular complexity index is 804. The second-order valence-corrected chi connectivity index (χ2v) is 6.76. The van der Waals surface area contributed by atoms with Gasteiger partial charge >= 0.3 is 0 Å². The third kappa shape index (κ3) is 2.41. The van der Waals surface area contributed by atoms with Gasteiger partial charge in [0, 0.05) is 12.1 Å². The first-order valence-corrected chi connectivity index (χ1v) is 8.69. The molecule has 0 bridgehead atoms. The van der Waals surface area contributed by atoms with E-state index < -0.39 is 0 Å². The molecule has 3 heterocycles. The lowest BCUT2D eigenvalue weighted by Crippen LogP contribution is -2.09. The van der Waals surface area contributed by atoms with Crippen molar-refractivity contribution < 1.29 is 0 Å². The Morgan fingerprint density at radius 1 is 1.35 bits per heavy atom. The van der Waals surface area contributed by atoms with Crippen LogP contribution in [-0.4, -0.2) is 31.1 Å². The molecule has 0 spiro atoms. The zero-order chi connectivity index (χ0) is 15.8. The molecule has 6 nitrogen and oxygen atoms in total. The number of nitrogens with one attached hydrogen (secondary N) is 1. The van der Waals surface area contributed by atoms with Crippen molar-refractivity contribution in [1.82, 2.24) is 24.6 Å². The highest BCUT2D eigenvalue weighted by Gasteiger charge is 2.36. The monoisotopic (exact) mass is 312 g/mol. The third-order valence-corrected chi connectivity index (χ3v) is 5.43. The molecule has 23 heavy (non-hydrogen) atoms. The Morgan fingerprint density at radius 3 is 3.09 bits per heavy atom. The standard InChI is InChI=1S/C17H24N6/c1-2-12-8-11(4-3-6-18)9-13(12)17-22-21-15-10-20-16-14(23(15)17)5-7-19-16/h5,7,10-13,19H,2-4,6,8-9,18H2,1H3/t11-,12+,13-/m0/s1. The first kappa shape index (κ1) is 14.6. The number of H-pyrrole nitrogens is 1. The van der Waals surface area contributed by atoms with Gasteiger partial charge < -0.3 is 10.7 Å². The van der Waals surface area contributed by atoms with E-state index in [-0.39, 0.29) is 0 Å². The van der Waals surface area contributed by atoms with Crippen LogP contribution < -0.4 is 5.73 Å². The second-order valence-electron chi connectivity index (χ2n) is 6.76. The highest BCUT2D eigenvalue weighted by molar-refractivity contribution is 5.74. The summed E-state index contributed by atoms with van der Waals surface area (Å²) in [7, 11) is 0. The van der Waals surface area contributed by atoms with Gasteiger partial charge in [-0.05, 0) is 50.1 Å². The van der Waals surface area contributed by atoms with E-state index in [2.05, 4.69) is 37.6 Å². The normalized spacial score (nSPS) is 24.9.